The zero-order chi connectivity index (χ0) is 20.6. The molecular weight excluding hydrogens is 372 g/mol. The van der Waals surface area contributed by atoms with Crippen LogP contribution in [0, 0.1) is 0 Å². The Morgan fingerprint density at radius 3 is 2.48 bits per heavy atom. The lowest BCUT2D eigenvalue weighted by Gasteiger charge is -2.11. The molecule has 8 nitrogen and oxygen atoms in total. The van der Waals surface area contributed by atoms with Gasteiger partial charge in [-0.1, -0.05) is 18.2 Å². The lowest BCUT2D eigenvalue weighted by molar-refractivity contribution is 0.0600. The summed E-state index contributed by atoms with van der Waals surface area (Å²) in [6.07, 6.45) is 2.83. The molecule has 8 heteroatoms. The third-order valence-electron chi connectivity index (χ3n) is 3.89. The molecule has 3 aromatic rings. The molecular formula is C21H20N4O4. The summed E-state index contributed by atoms with van der Waals surface area (Å²) in [6, 6.07) is 13.9. The molecule has 0 spiro atoms. The van der Waals surface area contributed by atoms with E-state index in [1.165, 1.54) is 25.6 Å². The minimum Gasteiger partial charge on any atom is -0.492 e. The number of anilines is 3. The van der Waals surface area contributed by atoms with Crippen LogP contribution in [-0.4, -0.2) is 35.6 Å². The van der Waals surface area contributed by atoms with Crippen LogP contribution in [0.5, 0.6) is 5.75 Å². The predicted molar refractivity (Wildman–Crippen MR) is 109 cm³/mol. The summed E-state index contributed by atoms with van der Waals surface area (Å²) in [5.41, 5.74) is 1.81. The molecule has 0 fully saturated rings. The van der Waals surface area contributed by atoms with Crippen LogP contribution >= 0.6 is 0 Å². The van der Waals surface area contributed by atoms with Crippen LogP contribution in [0.1, 0.15) is 27.6 Å². The number of hydrogen-bond acceptors (Lipinski definition) is 7. The molecule has 3 rings (SSSR count). The number of carbonyl (C=O) groups is 2. The van der Waals surface area contributed by atoms with E-state index < -0.39 is 11.9 Å². The lowest BCUT2D eigenvalue weighted by Crippen LogP contribution is -2.13. The van der Waals surface area contributed by atoms with E-state index in [-0.39, 0.29) is 5.56 Å². The molecule has 29 heavy (non-hydrogen) atoms. The maximum atomic E-state index is 12.4. The van der Waals surface area contributed by atoms with Crippen LogP contribution < -0.4 is 15.4 Å². The van der Waals surface area contributed by atoms with Gasteiger partial charge in [0.15, 0.2) is 0 Å². The zero-order valence-corrected chi connectivity index (χ0v) is 16.0. The van der Waals surface area contributed by atoms with Crippen LogP contribution in [0.25, 0.3) is 0 Å². The monoisotopic (exact) mass is 392 g/mol. The van der Waals surface area contributed by atoms with Crippen molar-refractivity contribution in [3.8, 4) is 5.75 Å². The number of hydrogen-bond donors (Lipinski definition) is 2. The Balaban J connectivity index is 1.69. The Hall–Kier alpha value is -3.94. The van der Waals surface area contributed by atoms with Gasteiger partial charge in [0.2, 0.25) is 5.95 Å². The van der Waals surface area contributed by atoms with Crippen LogP contribution in [0.4, 0.5) is 17.3 Å². The standard InChI is InChI=1S/C21H20N4O4/c1-3-29-18-10-5-4-9-17(18)25-21-22-12-15(13-23-21)19(26)24-16-8-6-7-14(11-16)20(27)28-2/h4-13H,3H2,1-2H3,(H,24,26)(H,22,23,25). The zero-order valence-electron chi connectivity index (χ0n) is 16.0. The second-order valence-electron chi connectivity index (χ2n) is 5.88. The fourth-order valence-electron chi connectivity index (χ4n) is 2.53. The molecule has 0 unspecified atom stereocenters. The molecule has 0 aliphatic heterocycles. The Bertz CT molecular complexity index is 1010. The van der Waals surface area contributed by atoms with Crippen molar-refractivity contribution in [1.29, 1.82) is 0 Å². The molecule has 0 atom stereocenters. The van der Waals surface area contributed by atoms with E-state index in [1.807, 2.05) is 31.2 Å². The average Bonchev–Trinajstić information content (AvgIpc) is 2.75. The third kappa shape index (κ3) is 5.07. The number of nitrogens with one attached hydrogen (secondary N) is 2. The first-order valence-electron chi connectivity index (χ1n) is 8.91. The lowest BCUT2D eigenvalue weighted by atomic mass is 10.2. The number of methoxy groups -OCH3 is 1. The molecule has 0 saturated carbocycles. The van der Waals surface area contributed by atoms with Crippen molar-refractivity contribution >= 4 is 29.2 Å². The number of ether oxygens (including phenoxy) is 2. The molecule has 1 amide bonds. The summed E-state index contributed by atoms with van der Waals surface area (Å²) in [5.74, 6) is 0.146. The van der Waals surface area contributed by atoms with E-state index in [1.54, 1.807) is 18.2 Å². The van der Waals surface area contributed by atoms with Gasteiger partial charge in [-0.25, -0.2) is 14.8 Å². The van der Waals surface area contributed by atoms with E-state index in [0.717, 1.165) is 5.69 Å². The van der Waals surface area contributed by atoms with Crippen LogP contribution in [0.3, 0.4) is 0 Å². The van der Waals surface area contributed by atoms with Crippen molar-refractivity contribution in [1.82, 2.24) is 9.97 Å². The van der Waals surface area contributed by atoms with Crippen molar-refractivity contribution in [2.24, 2.45) is 0 Å². The van der Waals surface area contributed by atoms with Gasteiger partial charge in [0.25, 0.3) is 5.91 Å². The third-order valence-corrected chi connectivity index (χ3v) is 3.89. The van der Waals surface area contributed by atoms with E-state index in [4.69, 9.17) is 4.74 Å². The molecule has 2 N–H and O–H groups in total. The summed E-state index contributed by atoms with van der Waals surface area (Å²) < 4.78 is 10.2. The minimum absolute atomic E-state index is 0.275. The molecule has 0 aliphatic rings. The van der Waals surface area contributed by atoms with Gasteiger partial charge in [0.1, 0.15) is 5.75 Å². The highest BCUT2D eigenvalue weighted by molar-refractivity contribution is 6.04. The summed E-state index contributed by atoms with van der Waals surface area (Å²) in [7, 11) is 1.30. The molecule has 148 valence electrons. The predicted octanol–water partition coefficient (Wildman–Crippen LogP) is 3.66. The number of para-hydroxylation sites is 2. The van der Waals surface area contributed by atoms with Gasteiger partial charge < -0.3 is 20.1 Å². The maximum Gasteiger partial charge on any atom is 0.337 e. The van der Waals surface area contributed by atoms with E-state index in [2.05, 4.69) is 25.3 Å². The molecule has 0 saturated heterocycles. The van der Waals surface area contributed by atoms with Gasteiger partial charge in [0, 0.05) is 18.1 Å². The first kappa shape index (κ1) is 19.8. The van der Waals surface area contributed by atoms with Crippen molar-refractivity contribution in [3.63, 3.8) is 0 Å². The van der Waals surface area contributed by atoms with Gasteiger partial charge in [-0.2, -0.15) is 0 Å². The van der Waals surface area contributed by atoms with Crippen molar-refractivity contribution in [2.45, 2.75) is 6.92 Å². The second kappa shape index (κ2) is 9.32. The van der Waals surface area contributed by atoms with Crippen LogP contribution in [0.15, 0.2) is 60.9 Å². The van der Waals surface area contributed by atoms with E-state index >= 15 is 0 Å². The molecule has 2 aromatic carbocycles. The number of benzene rings is 2. The minimum atomic E-state index is -0.479. The Morgan fingerprint density at radius 2 is 1.76 bits per heavy atom. The smallest absolute Gasteiger partial charge is 0.337 e. The fourth-order valence-corrected chi connectivity index (χ4v) is 2.53. The van der Waals surface area contributed by atoms with Crippen molar-refractivity contribution in [3.05, 3.63) is 72.1 Å². The quantitative estimate of drug-likeness (QED) is 0.592. The summed E-state index contributed by atoms with van der Waals surface area (Å²) in [4.78, 5) is 32.4. The van der Waals surface area contributed by atoms with Gasteiger partial charge in [-0.3, -0.25) is 4.79 Å². The van der Waals surface area contributed by atoms with Crippen LogP contribution in [-0.2, 0) is 4.74 Å². The number of esters is 1. The summed E-state index contributed by atoms with van der Waals surface area (Å²) in [6.45, 7) is 2.44. The van der Waals surface area contributed by atoms with Gasteiger partial charge >= 0.3 is 5.97 Å². The second-order valence-corrected chi connectivity index (χ2v) is 5.88. The maximum absolute atomic E-state index is 12.4. The van der Waals surface area contributed by atoms with Crippen molar-refractivity contribution < 1.29 is 19.1 Å². The van der Waals surface area contributed by atoms with Gasteiger partial charge in [-0.15, -0.1) is 0 Å². The van der Waals surface area contributed by atoms with Crippen LogP contribution in [0.2, 0.25) is 0 Å². The largest absolute Gasteiger partial charge is 0.492 e. The Kier molecular flexibility index (Phi) is 6.36. The highest BCUT2D eigenvalue weighted by Crippen LogP contribution is 2.25. The topological polar surface area (TPSA) is 102 Å². The van der Waals surface area contributed by atoms with Gasteiger partial charge in [-0.05, 0) is 37.3 Å². The normalized spacial score (nSPS) is 10.1. The summed E-state index contributed by atoms with van der Waals surface area (Å²) in [5, 5.41) is 5.77. The summed E-state index contributed by atoms with van der Waals surface area (Å²) >= 11 is 0. The van der Waals surface area contributed by atoms with Crippen molar-refractivity contribution in [2.75, 3.05) is 24.4 Å². The molecule has 0 aliphatic carbocycles. The molecule has 1 aromatic heterocycles. The number of aromatic nitrogens is 2. The number of nitrogens with zero attached hydrogens (tertiary/aromatic N) is 2. The SMILES string of the molecule is CCOc1ccccc1Nc1ncc(C(=O)Nc2cccc(C(=O)OC)c2)cn1. The van der Waals surface area contributed by atoms with E-state index in [9.17, 15) is 9.59 Å². The number of carbonyl (C=O) groups excluding carboxylic acids is 2. The molecule has 0 bridgehead atoms. The molecule has 1 heterocycles. The van der Waals surface area contributed by atoms with E-state index in [0.29, 0.717) is 29.6 Å². The average molecular weight is 392 g/mol. The Morgan fingerprint density at radius 1 is 1.00 bits per heavy atom. The number of amides is 1. The first-order chi connectivity index (χ1) is 14.1. The highest BCUT2D eigenvalue weighted by atomic mass is 16.5. The Labute approximate surface area is 167 Å². The number of rotatable bonds is 7. The molecule has 0 radical (unpaired) electrons. The van der Waals surface area contributed by atoms with Gasteiger partial charge in [0.05, 0.1) is 30.5 Å². The highest BCUT2D eigenvalue weighted by Gasteiger charge is 2.11. The first-order valence-corrected chi connectivity index (χ1v) is 8.91. The fraction of sp³-hybridized carbons (Fsp3) is 0.143.